The third-order valence-corrected chi connectivity index (χ3v) is 3.82. The maximum atomic E-state index is 12.6. The molecule has 128 valence electrons. The van der Waals surface area contributed by atoms with Crippen molar-refractivity contribution in [1.29, 1.82) is 0 Å². The summed E-state index contributed by atoms with van der Waals surface area (Å²) in [7, 11) is 0. The Bertz CT molecular complexity index is 517. The summed E-state index contributed by atoms with van der Waals surface area (Å²) in [6, 6.07) is 5.67. The lowest BCUT2D eigenvalue weighted by Gasteiger charge is -2.31. The molecule has 0 unspecified atom stereocenters. The van der Waals surface area contributed by atoms with Crippen molar-refractivity contribution >= 4 is 11.9 Å². The average molecular weight is 320 g/mol. The molecule has 5 nitrogen and oxygen atoms in total. The van der Waals surface area contributed by atoms with Crippen molar-refractivity contribution < 1.29 is 14.3 Å². The summed E-state index contributed by atoms with van der Waals surface area (Å²) >= 11 is 0. The second-order valence-electron chi connectivity index (χ2n) is 6.62. The van der Waals surface area contributed by atoms with Gasteiger partial charge in [-0.2, -0.15) is 0 Å². The Morgan fingerprint density at radius 3 is 2.30 bits per heavy atom. The number of ether oxygens (including phenoxy) is 1. The topological polar surface area (TPSA) is 68.3 Å². The van der Waals surface area contributed by atoms with Crippen molar-refractivity contribution in [3.05, 3.63) is 30.1 Å². The van der Waals surface area contributed by atoms with Gasteiger partial charge in [-0.3, -0.25) is 14.6 Å². The zero-order valence-electron chi connectivity index (χ0n) is 14.8. The van der Waals surface area contributed by atoms with Crippen molar-refractivity contribution in [1.82, 2.24) is 10.3 Å². The number of rotatable bonds is 7. The van der Waals surface area contributed by atoms with Crippen LogP contribution in [0.2, 0.25) is 0 Å². The maximum absolute atomic E-state index is 12.6. The lowest BCUT2D eigenvalue weighted by molar-refractivity contribution is -0.171. The van der Waals surface area contributed by atoms with Gasteiger partial charge >= 0.3 is 5.97 Å². The van der Waals surface area contributed by atoms with E-state index in [1.54, 1.807) is 27.0 Å². The second kappa shape index (κ2) is 8.09. The highest BCUT2D eigenvalue weighted by atomic mass is 16.6. The molecule has 0 spiro atoms. The molecular formula is C18H28N2O3. The summed E-state index contributed by atoms with van der Waals surface area (Å²) in [4.78, 5) is 29.4. The van der Waals surface area contributed by atoms with E-state index in [4.69, 9.17) is 4.74 Å². The standard InChI is InChI=1S/C18H28N2O3/c1-6-18(7-2,16(22)23-17(3,4)5)15(21)20-13-11-14-10-8-9-12-19-14/h8-10,12H,6-7,11,13H2,1-5H3,(H,20,21). The van der Waals surface area contributed by atoms with Crippen molar-refractivity contribution in [2.45, 2.75) is 59.5 Å². The molecule has 0 atom stereocenters. The smallest absolute Gasteiger partial charge is 0.322 e. The van der Waals surface area contributed by atoms with E-state index in [1.165, 1.54) is 0 Å². The summed E-state index contributed by atoms with van der Waals surface area (Å²) < 4.78 is 5.46. The zero-order chi connectivity index (χ0) is 17.5. The third-order valence-electron chi connectivity index (χ3n) is 3.82. The van der Waals surface area contributed by atoms with Crippen molar-refractivity contribution in [2.75, 3.05) is 6.54 Å². The van der Waals surface area contributed by atoms with Gasteiger partial charge in [0, 0.05) is 24.9 Å². The number of esters is 1. The van der Waals surface area contributed by atoms with E-state index >= 15 is 0 Å². The molecule has 0 aliphatic heterocycles. The van der Waals surface area contributed by atoms with Crippen LogP contribution in [0.4, 0.5) is 0 Å². The van der Waals surface area contributed by atoms with Crippen molar-refractivity contribution in [3.8, 4) is 0 Å². The van der Waals surface area contributed by atoms with Gasteiger partial charge < -0.3 is 10.1 Å². The highest BCUT2D eigenvalue weighted by Gasteiger charge is 2.45. The first-order chi connectivity index (χ1) is 10.7. The van der Waals surface area contributed by atoms with E-state index in [9.17, 15) is 9.59 Å². The van der Waals surface area contributed by atoms with Crippen molar-refractivity contribution in [3.63, 3.8) is 0 Å². The van der Waals surface area contributed by atoms with Crippen LogP contribution in [0, 0.1) is 5.41 Å². The molecule has 1 heterocycles. The SMILES string of the molecule is CCC(CC)(C(=O)NCCc1ccccn1)C(=O)OC(C)(C)C. The van der Waals surface area contributed by atoms with Crippen LogP contribution in [-0.4, -0.2) is 29.0 Å². The maximum Gasteiger partial charge on any atom is 0.322 e. The number of nitrogens with one attached hydrogen (secondary N) is 1. The van der Waals surface area contributed by atoms with Crippen LogP contribution in [0.5, 0.6) is 0 Å². The molecule has 0 bridgehead atoms. The Morgan fingerprint density at radius 1 is 1.17 bits per heavy atom. The minimum atomic E-state index is -1.13. The first kappa shape index (κ1) is 19.1. The minimum absolute atomic E-state index is 0.271. The van der Waals surface area contributed by atoms with Gasteiger partial charge in [0.1, 0.15) is 11.0 Å². The molecule has 1 rings (SSSR count). The molecule has 1 N–H and O–H groups in total. The van der Waals surface area contributed by atoms with Crippen LogP contribution in [-0.2, 0) is 20.7 Å². The number of hydrogen-bond acceptors (Lipinski definition) is 4. The Balaban J connectivity index is 2.72. The quantitative estimate of drug-likeness (QED) is 0.619. The number of aromatic nitrogens is 1. The molecule has 0 saturated heterocycles. The number of carbonyl (C=O) groups is 2. The molecule has 0 saturated carbocycles. The van der Waals surface area contributed by atoms with E-state index in [2.05, 4.69) is 10.3 Å². The number of amides is 1. The zero-order valence-corrected chi connectivity index (χ0v) is 14.8. The van der Waals surface area contributed by atoms with Crippen LogP contribution < -0.4 is 5.32 Å². The van der Waals surface area contributed by atoms with Gasteiger partial charge in [-0.15, -0.1) is 0 Å². The predicted octanol–water partition coefficient (Wildman–Crippen LogP) is 2.89. The van der Waals surface area contributed by atoms with Gasteiger partial charge in [-0.25, -0.2) is 0 Å². The molecule has 0 aromatic carbocycles. The summed E-state index contributed by atoms with van der Waals surface area (Å²) in [5.41, 5.74) is -0.832. The van der Waals surface area contributed by atoms with E-state index in [-0.39, 0.29) is 5.91 Å². The highest BCUT2D eigenvalue weighted by molar-refractivity contribution is 6.02. The number of nitrogens with zero attached hydrogens (tertiary/aromatic N) is 1. The molecular weight excluding hydrogens is 292 g/mol. The molecule has 0 radical (unpaired) electrons. The van der Waals surface area contributed by atoms with Crippen LogP contribution >= 0.6 is 0 Å². The Hall–Kier alpha value is -1.91. The molecule has 23 heavy (non-hydrogen) atoms. The predicted molar refractivity (Wildman–Crippen MR) is 89.8 cm³/mol. The summed E-state index contributed by atoms with van der Waals surface area (Å²) in [6.07, 6.45) is 3.17. The highest BCUT2D eigenvalue weighted by Crippen LogP contribution is 2.30. The van der Waals surface area contributed by atoms with Crippen molar-refractivity contribution in [2.24, 2.45) is 5.41 Å². The fourth-order valence-electron chi connectivity index (χ4n) is 2.35. The fraction of sp³-hybridized carbons (Fsp3) is 0.611. The number of hydrogen-bond donors (Lipinski definition) is 1. The molecule has 1 amide bonds. The van der Waals surface area contributed by atoms with E-state index in [0.717, 1.165) is 5.69 Å². The van der Waals surface area contributed by atoms with Crippen LogP contribution in [0.25, 0.3) is 0 Å². The van der Waals surface area contributed by atoms with Crippen LogP contribution in [0.1, 0.15) is 53.2 Å². The molecule has 0 aliphatic rings. The number of pyridine rings is 1. The normalized spacial score (nSPS) is 11.9. The van der Waals surface area contributed by atoms with Gasteiger partial charge in [0.25, 0.3) is 0 Å². The lowest BCUT2D eigenvalue weighted by Crippen LogP contribution is -2.49. The Morgan fingerprint density at radius 2 is 1.83 bits per heavy atom. The van der Waals surface area contributed by atoms with Crippen LogP contribution in [0.15, 0.2) is 24.4 Å². The monoisotopic (exact) mass is 320 g/mol. The van der Waals surface area contributed by atoms with E-state index < -0.39 is 17.0 Å². The summed E-state index contributed by atoms with van der Waals surface area (Å²) in [5.74, 6) is -0.724. The Labute approximate surface area is 138 Å². The first-order valence-electron chi connectivity index (χ1n) is 8.17. The van der Waals surface area contributed by atoms with E-state index in [1.807, 2.05) is 32.0 Å². The largest absolute Gasteiger partial charge is 0.459 e. The lowest BCUT2D eigenvalue weighted by atomic mass is 9.81. The Kier molecular flexibility index (Phi) is 6.73. The molecule has 1 aromatic rings. The average Bonchev–Trinajstić information content (AvgIpc) is 2.48. The van der Waals surface area contributed by atoms with Crippen LogP contribution in [0.3, 0.4) is 0 Å². The van der Waals surface area contributed by atoms with Gasteiger partial charge in [0.05, 0.1) is 0 Å². The second-order valence-corrected chi connectivity index (χ2v) is 6.62. The summed E-state index contributed by atoms with van der Waals surface area (Å²) in [5, 5.41) is 2.86. The molecule has 5 heteroatoms. The first-order valence-corrected chi connectivity index (χ1v) is 8.17. The van der Waals surface area contributed by atoms with Gasteiger partial charge in [-0.1, -0.05) is 19.9 Å². The van der Waals surface area contributed by atoms with Gasteiger partial charge in [-0.05, 0) is 45.7 Å². The van der Waals surface area contributed by atoms with Gasteiger partial charge in [0.15, 0.2) is 0 Å². The molecule has 0 aliphatic carbocycles. The minimum Gasteiger partial charge on any atom is -0.459 e. The molecule has 1 aromatic heterocycles. The van der Waals surface area contributed by atoms with Gasteiger partial charge in [0.2, 0.25) is 5.91 Å². The third kappa shape index (κ3) is 5.34. The summed E-state index contributed by atoms with van der Waals surface area (Å²) in [6.45, 7) is 9.54. The number of carbonyl (C=O) groups excluding carboxylic acids is 2. The van der Waals surface area contributed by atoms with E-state index in [0.29, 0.717) is 25.8 Å². The molecule has 0 fully saturated rings. The fourth-order valence-corrected chi connectivity index (χ4v) is 2.35.